The van der Waals surface area contributed by atoms with Crippen molar-refractivity contribution in [1.82, 2.24) is 14.3 Å². The number of carboxylic acid groups (broad SMARTS) is 1. The van der Waals surface area contributed by atoms with Crippen LogP contribution >= 0.6 is 39.0 Å². The predicted octanol–water partition coefficient (Wildman–Crippen LogP) is 4.65. The number of ether oxygens (including phenoxy) is 1. The van der Waals surface area contributed by atoms with Crippen molar-refractivity contribution in [3.63, 3.8) is 0 Å². The Morgan fingerprint density at radius 2 is 2.03 bits per heavy atom. The first-order valence-corrected chi connectivity index (χ1v) is 14.0. The van der Waals surface area contributed by atoms with Gasteiger partial charge >= 0.3 is 11.9 Å². The lowest BCUT2D eigenvalue weighted by Crippen LogP contribution is -2.70. The van der Waals surface area contributed by atoms with E-state index in [2.05, 4.69) is 20.9 Å². The molecule has 4 heterocycles. The molecule has 1 fully saturated rings. The minimum atomic E-state index is -1.42. The first kappa shape index (κ1) is 25.5. The topological polar surface area (TPSA) is 144 Å². The summed E-state index contributed by atoms with van der Waals surface area (Å²) in [5.74, 6) is -2.40. The lowest BCUT2D eigenvalue weighted by molar-refractivity contribution is -0.384. The van der Waals surface area contributed by atoms with Crippen LogP contribution in [-0.4, -0.2) is 51.9 Å². The largest absolute Gasteiger partial charge is 0.477 e. The van der Waals surface area contributed by atoms with Crippen molar-refractivity contribution in [1.29, 1.82) is 0 Å². The number of nitro groups is 1. The van der Waals surface area contributed by atoms with Gasteiger partial charge in [-0.1, -0.05) is 45.5 Å². The molecule has 2 aromatic carbocycles. The zero-order valence-electron chi connectivity index (χ0n) is 19.9. The lowest BCUT2D eigenvalue weighted by atomic mass is 9.86. The quantitative estimate of drug-likeness (QED) is 0.102. The van der Waals surface area contributed by atoms with Crippen LogP contribution in [0.2, 0.25) is 0 Å². The third kappa shape index (κ3) is 3.93. The number of imidazole rings is 1. The van der Waals surface area contributed by atoms with Gasteiger partial charge in [0, 0.05) is 42.8 Å². The maximum atomic E-state index is 13.6. The molecule has 0 saturated carbocycles. The van der Waals surface area contributed by atoms with Gasteiger partial charge in [0.1, 0.15) is 11.1 Å². The molecule has 39 heavy (non-hydrogen) atoms. The second-order valence-corrected chi connectivity index (χ2v) is 12.5. The van der Waals surface area contributed by atoms with E-state index in [1.807, 2.05) is 22.7 Å². The summed E-state index contributed by atoms with van der Waals surface area (Å²) in [5.41, 5.74) is 1.91. The van der Waals surface area contributed by atoms with Crippen molar-refractivity contribution in [2.75, 3.05) is 0 Å². The number of thiazole rings is 1. The summed E-state index contributed by atoms with van der Waals surface area (Å²) >= 11 is 6.22. The number of benzene rings is 2. The Bertz CT molecular complexity index is 1750. The Hall–Kier alpha value is -3.75. The van der Waals surface area contributed by atoms with Gasteiger partial charge in [0.25, 0.3) is 11.6 Å². The smallest absolute Gasteiger partial charge is 0.353 e. The average Bonchev–Trinajstić information content (AvgIpc) is 3.59. The highest BCUT2D eigenvalue weighted by Gasteiger charge is 2.70. The number of amides is 1. The SMILES string of the molecule is CC(=O)OC(c1ccc2c(c1)sc1nccn12)C1(Br)C(=O)N2C(C(=O)O)=C(Cc3ccc([N+](=O)[O-])cc3)SC21. The van der Waals surface area contributed by atoms with Crippen LogP contribution in [0.1, 0.15) is 24.2 Å². The molecule has 0 aliphatic carbocycles. The predicted molar refractivity (Wildman–Crippen MR) is 146 cm³/mol. The molecule has 2 aliphatic heterocycles. The molecule has 3 atom stereocenters. The second kappa shape index (κ2) is 9.17. The number of rotatable bonds is 7. The zero-order chi connectivity index (χ0) is 27.6. The van der Waals surface area contributed by atoms with Crippen LogP contribution in [0.5, 0.6) is 0 Å². The number of β-lactam (4-membered cyclic amide) rings is 1. The van der Waals surface area contributed by atoms with Crippen LogP contribution in [0.3, 0.4) is 0 Å². The number of aromatic nitrogens is 2. The molecular formula is C25H17BrN4O7S2. The molecule has 14 heteroatoms. The van der Waals surface area contributed by atoms with Crippen molar-refractivity contribution in [3.05, 3.63) is 86.7 Å². The van der Waals surface area contributed by atoms with E-state index >= 15 is 0 Å². The molecule has 1 N–H and O–H groups in total. The standard InChI is InChI=1S/C25H17BrN4O7S2/c1-12(31)37-20(14-4-7-16-17(11-14)39-24-27-8-9-28(16)24)25(26)22(34)29-19(21(32)33)18(38-23(25)29)10-13-2-5-15(6-3-13)30(35)36/h2-9,11,20,23H,10H2,1H3,(H,32,33). The van der Waals surface area contributed by atoms with Gasteiger partial charge in [0.05, 0.1) is 15.1 Å². The fourth-order valence-electron chi connectivity index (χ4n) is 4.89. The summed E-state index contributed by atoms with van der Waals surface area (Å²) in [7, 11) is 0. The Morgan fingerprint density at radius 3 is 2.69 bits per heavy atom. The molecule has 1 amide bonds. The highest BCUT2D eigenvalue weighted by molar-refractivity contribution is 9.10. The molecule has 2 aromatic heterocycles. The maximum Gasteiger partial charge on any atom is 0.353 e. The number of alkyl halides is 1. The number of nitro benzene ring substituents is 1. The monoisotopic (exact) mass is 628 g/mol. The van der Waals surface area contributed by atoms with Crippen molar-refractivity contribution in [2.45, 2.75) is 29.1 Å². The van der Waals surface area contributed by atoms with Crippen LogP contribution in [0.4, 0.5) is 5.69 Å². The van der Waals surface area contributed by atoms with E-state index in [0.717, 1.165) is 15.2 Å². The number of aliphatic carboxylic acids is 1. The van der Waals surface area contributed by atoms with E-state index in [1.54, 1.807) is 24.4 Å². The average molecular weight is 629 g/mol. The molecule has 4 aromatic rings. The molecular weight excluding hydrogens is 612 g/mol. The van der Waals surface area contributed by atoms with Gasteiger partial charge in [-0.15, -0.1) is 11.8 Å². The minimum Gasteiger partial charge on any atom is -0.477 e. The van der Waals surface area contributed by atoms with E-state index in [4.69, 9.17) is 4.74 Å². The highest BCUT2D eigenvalue weighted by atomic mass is 79.9. The second-order valence-electron chi connectivity index (χ2n) is 8.99. The summed E-state index contributed by atoms with van der Waals surface area (Å²) in [6, 6.07) is 11.3. The molecule has 2 aliphatic rings. The molecule has 6 rings (SSSR count). The summed E-state index contributed by atoms with van der Waals surface area (Å²) in [5, 5.41) is 20.3. The van der Waals surface area contributed by atoms with Gasteiger partial charge in [-0.25, -0.2) is 9.78 Å². The Labute approximate surface area is 236 Å². The number of halogens is 1. The highest BCUT2D eigenvalue weighted by Crippen LogP contribution is 2.60. The van der Waals surface area contributed by atoms with Crippen molar-refractivity contribution >= 4 is 77.7 Å². The van der Waals surface area contributed by atoms with Crippen LogP contribution < -0.4 is 0 Å². The number of fused-ring (bicyclic) bond motifs is 4. The lowest BCUT2D eigenvalue weighted by Gasteiger charge is -2.51. The van der Waals surface area contributed by atoms with Gasteiger partial charge in [0.2, 0.25) is 0 Å². The summed E-state index contributed by atoms with van der Waals surface area (Å²) in [4.78, 5) is 55.3. The third-order valence-corrected chi connectivity index (χ3v) is 10.6. The number of nitrogens with zero attached hydrogens (tertiary/aromatic N) is 4. The number of carbonyl (C=O) groups excluding carboxylic acids is 2. The van der Waals surface area contributed by atoms with Crippen LogP contribution in [0.25, 0.3) is 15.2 Å². The molecule has 3 unspecified atom stereocenters. The van der Waals surface area contributed by atoms with Crippen molar-refractivity contribution < 1.29 is 29.2 Å². The van der Waals surface area contributed by atoms with Crippen LogP contribution in [0.15, 0.2) is 65.5 Å². The molecule has 198 valence electrons. The number of thioether (sulfide) groups is 1. The number of allylic oxidation sites excluding steroid dienone is 1. The normalized spacial score (nSPS) is 21.2. The van der Waals surface area contributed by atoms with Gasteiger partial charge in [-0.05, 0) is 23.3 Å². The fraction of sp³-hybridized carbons (Fsp3) is 0.200. The van der Waals surface area contributed by atoms with Crippen LogP contribution in [0, 0.1) is 10.1 Å². The van der Waals surface area contributed by atoms with Gasteiger partial charge < -0.3 is 9.84 Å². The first-order chi connectivity index (χ1) is 18.6. The van der Waals surface area contributed by atoms with E-state index in [9.17, 15) is 29.6 Å². The number of hydrogen-bond acceptors (Lipinski definition) is 9. The Balaban J connectivity index is 1.35. The molecule has 0 bridgehead atoms. The Morgan fingerprint density at radius 1 is 1.28 bits per heavy atom. The van der Waals surface area contributed by atoms with Gasteiger partial charge in [0.15, 0.2) is 15.4 Å². The van der Waals surface area contributed by atoms with E-state index in [0.29, 0.717) is 16.0 Å². The summed E-state index contributed by atoms with van der Waals surface area (Å²) in [6.07, 6.45) is 2.67. The van der Waals surface area contributed by atoms with Gasteiger partial charge in [-0.3, -0.25) is 29.0 Å². The number of hydrogen-bond donors (Lipinski definition) is 1. The van der Waals surface area contributed by atoms with E-state index < -0.39 is 38.6 Å². The van der Waals surface area contributed by atoms with E-state index in [1.165, 1.54) is 47.1 Å². The van der Waals surface area contributed by atoms with Gasteiger partial charge in [-0.2, -0.15) is 0 Å². The summed E-state index contributed by atoms with van der Waals surface area (Å²) < 4.78 is 7.11. The number of carbonyl (C=O) groups is 3. The zero-order valence-corrected chi connectivity index (χ0v) is 23.2. The Kier molecular flexibility index (Phi) is 6.00. The van der Waals surface area contributed by atoms with Crippen LogP contribution in [-0.2, 0) is 25.5 Å². The van der Waals surface area contributed by atoms with Crippen molar-refractivity contribution in [3.8, 4) is 0 Å². The van der Waals surface area contributed by atoms with Crippen molar-refractivity contribution in [2.24, 2.45) is 0 Å². The molecule has 1 saturated heterocycles. The third-order valence-electron chi connectivity index (χ3n) is 6.63. The van der Waals surface area contributed by atoms with E-state index in [-0.39, 0.29) is 17.8 Å². The number of non-ortho nitro benzene ring substituents is 1. The number of esters is 1. The molecule has 11 nitrogen and oxygen atoms in total. The summed E-state index contributed by atoms with van der Waals surface area (Å²) in [6.45, 7) is 1.25. The maximum absolute atomic E-state index is 13.6. The molecule has 0 spiro atoms. The fourth-order valence-corrected chi connectivity index (χ4v) is 8.48. The first-order valence-electron chi connectivity index (χ1n) is 11.5. The number of carboxylic acids is 1. The minimum absolute atomic E-state index is 0.0796. The molecule has 0 radical (unpaired) electrons.